The summed E-state index contributed by atoms with van der Waals surface area (Å²) in [4.78, 5) is 6.97. The van der Waals surface area contributed by atoms with Gasteiger partial charge >= 0.3 is 0 Å². The fourth-order valence-electron chi connectivity index (χ4n) is 4.28. The molecule has 1 unspecified atom stereocenters. The molecule has 0 aromatic heterocycles. The minimum absolute atomic E-state index is 0. The number of rotatable bonds is 8. The summed E-state index contributed by atoms with van der Waals surface area (Å²) in [5.74, 6) is 1.71. The van der Waals surface area contributed by atoms with Crippen LogP contribution in [-0.2, 0) is 4.74 Å². The first-order valence-electron chi connectivity index (χ1n) is 10.5. The number of aliphatic imine (C=N–C) groups is 1. The zero-order valence-corrected chi connectivity index (χ0v) is 19.6. The molecule has 2 aliphatic rings. The van der Waals surface area contributed by atoms with Gasteiger partial charge in [0.25, 0.3) is 0 Å². The van der Waals surface area contributed by atoms with Gasteiger partial charge in [-0.2, -0.15) is 0 Å². The molecule has 1 aliphatic heterocycles. The predicted octanol–water partition coefficient (Wildman–Crippen LogP) is 3.63. The Labute approximate surface area is 178 Å². The number of ether oxygens (including phenoxy) is 1. The first-order valence-corrected chi connectivity index (χ1v) is 10.5. The minimum Gasteiger partial charge on any atom is -0.378 e. The van der Waals surface area contributed by atoms with Gasteiger partial charge in [-0.1, -0.05) is 12.8 Å². The number of hydrogen-bond donors (Lipinski definition) is 2. The highest BCUT2D eigenvalue weighted by Gasteiger charge is 2.25. The van der Waals surface area contributed by atoms with Gasteiger partial charge < -0.3 is 20.3 Å². The van der Waals surface area contributed by atoms with Crippen LogP contribution in [0.3, 0.4) is 0 Å². The highest BCUT2D eigenvalue weighted by molar-refractivity contribution is 14.0. The Balaban J connectivity index is 0.00000338. The largest absolute Gasteiger partial charge is 0.378 e. The lowest BCUT2D eigenvalue weighted by atomic mass is 9.98. The van der Waals surface area contributed by atoms with Crippen molar-refractivity contribution in [3.05, 3.63) is 0 Å². The topological polar surface area (TPSA) is 48.9 Å². The third-order valence-corrected chi connectivity index (χ3v) is 5.85. The third-order valence-electron chi connectivity index (χ3n) is 5.85. The number of likely N-dealkylation sites (tertiary alicyclic amines) is 1. The lowest BCUT2D eigenvalue weighted by molar-refractivity contribution is 0.0169. The van der Waals surface area contributed by atoms with Crippen molar-refractivity contribution in [3.8, 4) is 0 Å². The zero-order valence-electron chi connectivity index (χ0n) is 17.3. The maximum absolute atomic E-state index is 6.02. The van der Waals surface area contributed by atoms with Crippen LogP contribution >= 0.6 is 24.0 Å². The van der Waals surface area contributed by atoms with E-state index in [0.29, 0.717) is 18.2 Å². The predicted molar refractivity (Wildman–Crippen MR) is 122 cm³/mol. The van der Waals surface area contributed by atoms with E-state index in [0.717, 1.165) is 31.4 Å². The molecule has 1 saturated carbocycles. The summed E-state index contributed by atoms with van der Waals surface area (Å²) in [5, 5.41) is 7.12. The molecule has 1 saturated heterocycles. The molecule has 0 spiro atoms. The summed E-state index contributed by atoms with van der Waals surface area (Å²) in [6.07, 6.45) is 9.31. The van der Waals surface area contributed by atoms with Gasteiger partial charge in [0, 0.05) is 45.4 Å². The van der Waals surface area contributed by atoms with Crippen LogP contribution in [0, 0.1) is 5.92 Å². The molecule has 1 atom stereocenters. The summed E-state index contributed by atoms with van der Waals surface area (Å²) in [6, 6.07) is 1.20. The van der Waals surface area contributed by atoms with Crippen LogP contribution in [-0.4, -0.2) is 62.3 Å². The summed E-state index contributed by atoms with van der Waals surface area (Å²) < 4.78 is 6.02. The van der Waals surface area contributed by atoms with Crippen LogP contribution in [0.1, 0.15) is 65.7 Å². The first kappa shape index (κ1) is 24.0. The summed E-state index contributed by atoms with van der Waals surface area (Å²) in [6.45, 7) is 10.8. The molecule has 154 valence electrons. The summed E-state index contributed by atoms with van der Waals surface area (Å²) in [5.41, 5.74) is 0. The number of nitrogens with zero attached hydrogens (tertiary/aromatic N) is 2. The smallest absolute Gasteiger partial charge is 0.191 e. The van der Waals surface area contributed by atoms with Gasteiger partial charge in [0.1, 0.15) is 0 Å². The molecule has 0 aromatic carbocycles. The van der Waals surface area contributed by atoms with E-state index in [1.807, 2.05) is 7.05 Å². The monoisotopic (exact) mass is 480 g/mol. The maximum atomic E-state index is 6.02. The molecule has 26 heavy (non-hydrogen) atoms. The normalized spacial score (nSPS) is 21.7. The second-order valence-electron chi connectivity index (χ2n) is 7.87. The van der Waals surface area contributed by atoms with Crippen LogP contribution in [0.15, 0.2) is 4.99 Å². The average Bonchev–Trinajstić information content (AvgIpc) is 3.15. The fraction of sp³-hybridized carbons (Fsp3) is 0.950. The third kappa shape index (κ3) is 7.89. The van der Waals surface area contributed by atoms with Gasteiger partial charge in [-0.05, 0) is 58.8 Å². The van der Waals surface area contributed by atoms with E-state index >= 15 is 0 Å². The number of guanidine groups is 1. The van der Waals surface area contributed by atoms with Crippen LogP contribution in [0.2, 0.25) is 0 Å². The summed E-state index contributed by atoms with van der Waals surface area (Å²) >= 11 is 0. The molecule has 1 heterocycles. The van der Waals surface area contributed by atoms with Gasteiger partial charge in [0.15, 0.2) is 5.96 Å². The molecule has 2 fully saturated rings. The van der Waals surface area contributed by atoms with E-state index in [2.05, 4.69) is 41.3 Å². The Hall–Kier alpha value is -0.0800. The van der Waals surface area contributed by atoms with Crippen LogP contribution < -0.4 is 10.6 Å². The molecule has 0 amide bonds. The molecule has 6 heteroatoms. The molecule has 5 nitrogen and oxygen atoms in total. The van der Waals surface area contributed by atoms with E-state index in [1.165, 1.54) is 51.6 Å². The van der Waals surface area contributed by atoms with E-state index in [4.69, 9.17) is 4.74 Å². The lowest BCUT2D eigenvalue weighted by Gasteiger charge is -2.35. The van der Waals surface area contributed by atoms with Gasteiger partial charge in [-0.3, -0.25) is 4.99 Å². The van der Waals surface area contributed by atoms with Gasteiger partial charge in [-0.15, -0.1) is 24.0 Å². The first-order chi connectivity index (χ1) is 12.1. The minimum atomic E-state index is 0. The highest BCUT2D eigenvalue weighted by atomic mass is 127. The van der Waals surface area contributed by atoms with Gasteiger partial charge in [0.05, 0.1) is 6.10 Å². The Morgan fingerprint density at radius 2 is 1.81 bits per heavy atom. The maximum Gasteiger partial charge on any atom is 0.191 e. The van der Waals surface area contributed by atoms with Gasteiger partial charge in [0.2, 0.25) is 0 Å². The van der Waals surface area contributed by atoms with Crippen molar-refractivity contribution in [2.24, 2.45) is 10.9 Å². The van der Waals surface area contributed by atoms with Crippen molar-refractivity contribution in [1.29, 1.82) is 0 Å². The second kappa shape index (κ2) is 13.2. The Morgan fingerprint density at radius 3 is 2.35 bits per heavy atom. The molecular weight excluding hydrogens is 439 g/mol. The van der Waals surface area contributed by atoms with Gasteiger partial charge in [-0.25, -0.2) is 0 Å². The van der Waals surface area contributed by atoms with E-state index in [9.17, 15) is 0 Å². The van der Waals surface area contributed by atoms with Crippen molar-refractivity contribution in [2.75, 3.05) is 33.3 Å². The van der Waals surface area contributed by atoms with Crippen LogP contribution in [0.4, 0.5) is 0 Å². The molecule has 0 bridgehead atoms. The van der Waals surface area contributed by atoms with Crippen LogP contribution in [0.5, 0.6) is 0 Å². The molecular formula is C20H41IN4O. The van der Waals surface area contributed by atoms with Crippen LogP contribution in [0.25, 0.3) is 0 Å². The Morgan fingerprint density at radius 1 is 1.15 bits per heavy atom. The molecule has 0 radical (unpaired) electrons. The second-order valence-corrected chi connectivity index (χ2v) is 7.87. The van der Waals surface area contributed by atoms with Crippen molar-refractivity contribution < 1.29 is 4.74 Å². The standard InChI is InChI=1S/C20H40N4O.HI/c1-5-25-19(17-8-6-7-9-17)10-13-22-20(21-4)23-18-11-14-24(15-12-18)16(2)3;/h16-19H,5-15H2,1-4H3,(H2,21,22,23);1H. The van der Waals surface area contributed by atoms with Crippen molar-refractivity contribution in [1.82, 2.24) is 15.5 Å². The number of nitrogens with one attached hydrogen (secondary N) is 2. The highest BCUT2D eigenvalue weighted by Crippen LogP contribution is 2.30. The molecule has 2 rings (SSSR count). The number of halogens is 1. The van der Waals surface area contributed by atoms with Crippen molar-refractivity contribution >= 4 is 29.9 Å². The SMILES string of the molecule is CCOC(CCNC(=NC)NC1CCN(C(C)C)CC1)C1CCCC1.I. The lowest BCUT2D eigenvalue weighted by Crippen LogP contribution is -2.50. The molecule has 2 N–H and O–H groups in total. The fourth-order valence-corrected chi connectivity index (χ4v) is 4.28. The quantitative estimate of drug-likeness (QED) is 0.317. The molecule has 0 aromatic rings. The van der Waals surface area contributed by atoms with Crippen molar-refractivity contribution in [3.63, 3.8) is 0 Å². The van der Waals surface area contributed by atoms with E-state index < -0.39 is 0 Å². The Kier molecular flexibility index (Phi) is 12.1. The average molecular weight is 480 g/mol. The number of piperidine rings is 1. The van der Waals surface area contributed by atoms with E-state index in [1.54, 1.807) is 0 Å². The zero-order chi connectivity index (χ0) is 18.1. The summed E-state index contributed by atoms with van der Waals surface area (Å²) in [7, 11) is 1.87. The Bertz CT molecular complexity index is 391. The number of hydrogen-bond acceptors (Lipinski definition) is 3. The molecule has 1 aliphatic carbocycles. The van der Waals surface area contributed by atoms with Crippen molar-refractivity contribution in [2.45, 2.75) is 83.9 Å². The van der Waals surface area contributed by atoms with E-state index in [-0.39, 0.29) is 24.0 Å².